The molecular weight excluding hydrogens is 347 g/mol. The number of nitrogens with one attached hydrogen (secondary N) is 3. The van der Waals surface area contributed by atoms with Crippen LogP contribution in [0.2, 0.25) is 0 Å². The van der Waals surface area contributed by atoms with Crippen molar-refractivity contribution in [2.75, 3.05) is 0 Å². The molecule has 0 amide bonds. The molecule has 0 fully saturated rings. The van der Waals surface area contributed by atoms with Crippen LogP contribution in [0.1, 0.15) is 0 Å². The van der Waals surface area contributed by atoms with Crippen molar-refractivity contribution in [2.45, 2.75) is 0 Å². The molecule has 1 aromatic carbocycles. The molecule has 7 heteroatoms. The summed E-state index contributed by atoms with van der Waals surface area (Å²) in [6.07, 6.45) is 0. The number of benzene rings is 1. The van der Waals surface area contributed by atoms with Gasteiger partial charge < -0.3 is 4.98 Å². The van der Waals surface area contributed by atoms with Crippen molar-refractivity contribution >= 4 is 33.8 Å². The summed E-state index contributed by atoms with van der Waals surface area (Å²) in [5, 5.41) is 0. The lowest BCUT2D eigenvalue weighted by molar-refractivity contribution is 1.07. The zero-order valence-electron chi connectivity index (χ0n) is 8.95. The molecule has 0 unspecified atom stereocenters. The van der Waals surface area contributed by atoms with Crippen LogP contribution in [0.15, 0.2) is 33.9 Å². The second-order valence-electron chi connectivity index (χ2n) is 3.73. The van der Waals surface area contributed by atoms with Crippen LogP contribution >= 0.6 is 22.6 Å². The Morgan fingerprint density at radius 1 is 1.11 bits per heavy atom. The monoisotopic (exact) mass is 354 g/mol. The van der Waals surface area contributed by atoms with Crippen molar-refractivity contribution in [2.24, 2.45) is 0 Å². The normalized spacial score (nSPS) is 10.9. The summed E-state index contributed by atoms with van der Waals surface area (Å²) in [5.41, 5.74) is 0.353. The number of halogens is 1. The highest BCUT2D eigenvalue weighted by atomic mass is 127. The molecule has 0 saturated carbocycles. The minimum absolute atomic E-state index is 0.262. The molecule has 3 aromatic rings. The van der Waals surface area contributed by atoms with Crippen LogP contribution in [-0.2, 0) is 0 Å². The second kappa shape index (κ2) is 4.09. The highest BCUT2D eigenvalue weighted by Crippen LogP contribution is 2.19. The molecule has 90 valence electrons. The van der Waals surface area contributed by atoms with Crippen LogP contribution in [0.4, 0.5) is 0 Å². The lowest BCUT2D eigenvalue weighted by atomic mass is 10.2. The van der Waals surface area contributed by atoms with Crippen molar-refractivity contribution in [3.8, 4) is 11.4 Å². The maximum absolute atomic E-state index is 11.6. The number of imidazole rings is 1. The van der Waals surface area contributed by atoms with Gasteiger partial charge in [0.1, 0.15) is 11.3 Å². The number of aromatic amines is 3. The highest BCUT2D eigenvalue weighted by Gasteiger charge is 2.09. The molecule has 0 aliphatic carbocycles. The number of rotatable bonds is 1. The van der Waals surface area contributed by atoms with E-state index in [2.05, 4.69) is 42.5 Å². The molecule has 3 rings (SSSR count). The van der Waals surface area contributed by atoms with E-state index >= 15 is 0 Å². The van der Waals surface area contributed by atoms with Crippen LogP contribution in [0.3, 0.4) is 0 Å². The van der Waals surface area contributed by atoms with Crippen molar-refractivity contribution < 1.29 is 0 Å². The fraction of sp³-hybridized carbons (Fsp3) is 0. The summed E-state index contributed by atoms with van der Waals surface area (Å²) >= 11 is 2.20. The highest BCUT2D eigenvalue weighted by molar-refractivity contribution is 14.1. The van der Waals surface area contributed by atoms with Crippen LogP contribution in [-0.4, -0.2) is 19.9 Å². The first kappa shape index (κ1) is 11.2. The van der Waals surface area contributed by atoms with E-state index in [1.54, 1.807) is 0 Å². The van der Waals surface area contributed by atoms with Gasteiger partial charge >= 0.3 is 5.69 Å². The van der Waals surface area contributed by atoms with E-state index < -0.39 is 11.2 Å². The molecule has 0 aliphatic heterocycles. The first-order chi connectivity index (χ1) is 8.63. The van der Waals surface area contributed by atoms with Crippen molar-refractivity contribution in [3.63, 3.8) is 0 Å². The maximum atomic E-state index is 11.6. The van der Waals surface area contributed by atoms with E-state index in [9.17, 15) is 9.59 Å². The van der Waals surface area contributed by atoms with Gasteiger partial charge in [-0.2, -0.15) is 0 Å². The zero-order chi connectivity index (χ0) is 12.7. The van der Waals surface area contributed by atoms with Gasteiger partial charge in [-0.15, -0.1) is 0 Å². The third-order valence-corrected chi connectivity index (χ3v) is 3.16. The van der Waals surface area contributed by atoms with E-state index in [0.717, 1.165) is 9.13 Å². The van der Waals surface area contributed by atoms with E-state index in [1.807, 2.05) is 24.3 Å². The van der Waals surface area contributed by atoms with Crippen LogP contribution in [0, 0.1) is 3.57 Å². The Morgan fingerprint density at radius 3 is 2.72 bits per heavy atom. The van der Waals surface area contributed by atoms with Crippen molar-refractivity contribution in [1.29, 1.82) is 0 Å². The molecule has 0 saturated heterocycles. The van der Waals surface area contributed by atoms with Gasteiger partial charge in [-0.25, -0.2) is 9.78 Å². The van der Waals surface area contributed by atoms with Gasteiger partial charge in [0.05, 0.1) is 0 Å². The minimum atomic E-state index is -0.562. The zero-order valence-corrected chi connectivity index (χ0v) is 11.1. The molecule has 2 aromatic heterocycles. The van der Waals surface area contributed by atoms with Gasteiger partial charge in [0.25, 0.3) is 5.56 Å². The summed E-state index contributed by atoms with van der Waals surface area (Å²) in [6.45, 7) is 0. The Kier molecular flexibility index (Phi) is 2.54. The Morgan fingerprint density at radius 2 is 1.94 bits per heavy atom. The second-order valence-corrected chi connectivity index (χ2v) is 4.97. The average Bonchev–Trinajstić information content (AvgIpc) is 2.73. The molecule has 3 N–H and O–H groups in total. The molecule has 0 spiro atoms. The third kappa shape index (κ3) is 1.86. The number of fused-ring (bicyclic) bond motifs is 1. The van der Waals surface area contributed by atoms with E-state index in [4.69, 9.17) is 0 Å². The quantitative estimate of drug-likeness (QED) is 0.574. The first-order valence-corrected chi connectivity index (χ1v) is 6.19. The lowest BCUT2D eigenvalue weighted by Crippen LogP contribution is -2.21. The molecule has 2 heterocycles. The number of hydrogen-bond donors (Lipinski definition) is 3. The van der Waals surface area contributed by atoms with Crippen LogP contribution < -0.4 is 11.2 Å². The molecule has 0 aliphatic rings. The molecule has 0 atom stereocenters. The molecule has 0 bridgehead atoms. The SMILES string of the molecule is O=c1[nH]c(=O)c2[nH]c(-c3cccc(I)c3)nc2[nH]1. The molecule has 18 heavy (non-hydrogen) atoms. The summed E-state index contributed by atoms with van der Waals surface area (Å²) in [5.74, 6) is 0.552. The van der Waals surface area contributed by atoms with Crippen LogP contribution in [0.25, 0.3) is 22.6 Å². The Bertz CT molecular complexity index is 846. The fourth-order valence-electron chi connectivity index (χ4n) is 1.70. The standard InChI is InChI=1S/C11H7IN4O2/c12-6-3-1-2-5(4-6)8-13-7-9(14-8)15-11(18)16-10(7)17/h1-4H,(H3,13,14,15,16,17,18). The molecule has 6 nitrogen and oxygen atoms in total. The largest absolute Gasteiger partial charge is 0.332 e. The number of hydrogen-bond acceptors (Lipinski definition) is 3. The topological polar surface area (TPSA) is 94.4 Å². The molecular formula is C11H7IN4O2. The van der Waals surface area contributed by atoms with Gasteiger partial charge in [0.2, 0.25) is 0 Å². The average molecular weight is 354 g/mol. The Hall–Kier alpha value is -1.90. The van der Waals surface area contributed by atoms with Crippen LogP contribution in [0.5, 0.6) is 0 Å². The summed E-state index contributed by atoms with van der Waals surface area (Å²) in [7, 11) is 0. The lowest BCUT2D eigenvalue weighted by Gasteiger charge is -1.96. The Labute approximate surface area is 114 Å². The smallest absolute Gasteiger partial charge is 0.327 e. The van der Waals surface area contributed by atoms with E-state index in [0.29, 0.717) is 5.82 Å². The van der Waals surface area contributed by atoms with Gasteiger partial charge in [0, 0.05) is 9.13 Å². The van der Waals surface area contributed by atoms with Gasteiger partial charge in [-0.1, -0.05) is 12.1 Å². The first-order valence-electron chi connectivity index (χ1n) is 5.12. The summed E-state index contributed by atoms with van der Waals surface area (Å²) in [4.78, 5) is 34.4. The van der Waals surface area contributed by atoms with Crippen molar-refractivity contribution in [1.82, 2.24) is 19.9 Å². The predicted octanol–water partition coefficient (Wildman–Crippen LogP) is 1.21. The third-order valence-electron chi connectivity index (χ3n) is 2.49. The fourth-order valence-corrected chi connectivity index (χ4v) is 2.25. The van der Waals surface area contributed by atoms with Gasteiger partial charge in [-0.05, 0) is 34.7 Å². The molecule has 0 radical (unpaired) electrons. The van der Waals surface area contributed by atoms with E-state index in [-0.39, 0.29) is 11.2 Å². The number of aromatic nitrogens is 4. The van der Waals surface area contributed by atoms with Gasteiger partial charge in [0.15, 0.2) is 5.65 Å². The Balaban J connectivity index is 2.29. The number of H-pyrrole nitrogens is 3. The minimum Gasteiger partial charge on any atom is -0.332 e. The van der Waals surface area contributed by atoms with E-state index in [1.165, 1.54) is 0 Å². The van der Waals surface area contributed by atoms with Gasteiger partial charge in [-0.3, -0.25) is 14.8 Å². The maximum Gasteiger partial charge on any atom is 0.327 e. The summed E-state index contributed by atoms with van der Waals surface area (Å²) < 4.78 is 1.06. The van der Waals surface area contributed by atoms with Crippen molar-refractivity contribution in [3.05, 3.63) is 48.7 Å². The predicted molar refractivity (Wildman–Crippen MR) is 75.5 cm³/mol. The summed E-state index contributed by atoms with van der Waals surface area (Å²) in [6, 6.07) is 7.68. The number of nitrogens with zero attached hydrogens (tertiary/aromatic N) is 1.